The summed E-state index contributed by atoms with van der Waals surface area (Å²) in [5.41, 5.74) is 0.552. The predicted molar refractivity (Wildman–Crippen MR) is 60.8 cm³/mol. The summed E-state index contributed by atoms with van der Waals surface area (Å²) in [4.78, 5) is 3.85. The monoisotopic (exact) mass is 246 g/mol. The Kier molecular flexibility index (Phi) is 4.49. The SMILES string of the molecule is CCCCCn1c(CO)cnc1S(C)(=O)=O. The zero-order chi connectivity index (χ0) is 12.2. The van der Waals surface area contributed by atoms with E-state index in [1.54, 1.807) is 4.57 Å². The molecule has 16 heavy (non-hydrogen) atoms. The topological polar surface area (TPSA) is 72.2 Å². The van der Waals surface area contributed by atoms with Gasteiger partial charge in [0.1, 0.15) is 0 Å². The van der Waals surface area contributed by atoms with Gasteiger partial charge < -0.3 is 9.67 Å². The molecule has 1 N–H and O–H groups in total. The van der Waals surface area contributed by atoms with E-state index in [9.17, 15) is 8.42 Å². The molecule has 0 saturated carbocycles. The summed E-state index contributed by atoms with van der Waals surface area (Å²) in [6.45, 7) is 2.49. The fourth-order valence-electron chi connectivity index (χ4n) is 1.57. The first kappa shape index (κ1) is 13.2. The summed E-state index contributed by atoms with van der Waals surface area (Å²) in [7, 11) is -3.32. The molecule has 0 saturated heterocycles. The fraction of sp³-hybridized carbons (Fsp3) is 0.700. The molecule has 0 aromatic carbocycles. The van der Waals surface area contributed by atoms with Gasteiger partial charge in [0.15, 0.2) is 0 Å². The smallest absolute Gasteiger partial charge is 0.227 e. The van der Waals surface area contributed by atoms with E-state index >= 15 is 0 Å². The van der Waals surface area contributed by atoms with E-state index < -0.39 is 9.84 Å². The average Bonchev–Trinajstić information content (AvgIpc) is 2.60. The summed E-state index contributed by atoms with van der Waals surface area (Å²) in [5, 5.41) is 9.15. The number of sulfone groups is 1. The van der Waals surface area contributed by atoms with Crippen LogP contribution in [0, 0.1) is 0 Å². The largest absolute Gasteiger partial charge is 0.390 e. The number of aliphatic hydroxyl groups is 1. The summed E-state index contributed by atoms with van der Waals surface area (Å²) in [6, 6.07) is 0. The zero-order valence-electron chi connectivity index (χ0n) is 9.68. The van der Waals surface area contributed by atoms with Crippen molar-refractivity contribution in [3.05, 3.63) is 11.9 Å². The number of aliphatic hydroxyl groups excluding tert-OH is 1. The van der Waals surface area contributed by atoms with E-state index in [0.717, 1.165) is 25.5 Å². The maximum Gasteiger partial charge on any atom is 0.227 e. The van der Waals surface area contributed by atoms with Crippen LogP contribution in [-0.4, -0.2) is 29.3 Å². The molecule has 0 aliphatic rings. The second-order valence-electron chi connectivity index (χ2n) is 3.82. The maximum atomic E-state index is 11.5. The molecule has 0 aliphatic heterocycles. The number of unbranched alkanes of at least 4 members (excludes halogenated alkanes) is 2. The molecule has 6 heteroatoms. The van der Waals surface area contributed by atoms with Crippen molar-refractivity contribution in [1.82, 2.24) is 9.55 Å². The van der Waals surface area contributed by atoms with Gasteiger partial charge in [-0.05, 0) is 6.42 Å². The Bertz CT molecular complexity index is 437. The maximum absolute atomic E-state index is 11.5. The second kappa shape index (κ2) is 5.45. The fourth-order valence-corrected chi connectivity index (χ4v) is 2.43. The average molecular weight is 246 g/mol. The van der Waals surface area contributed by atoms with Crippen LogP contribution < -0.4 is 0 Å². The van der Waals surface area contributed by atoms with Gasteiger partial charge in [-0.2, -0.15) is 0 Å². The van der Waals surface area contributed by atoms with E-state index in [0.29, 0.717) is 12.2 Å². The third-order valence-corrected chi connectivity index (χ3v) is 3.37. The van der Waals surface area contributed by atoms with E-state index in [2.05, 4.69) is 11.9 Å². The summed E-state index contributed by atoms with van der Waals surface area (Å²) in [5.74, 6) is 0. The first-order valence-electron chi connectivity index (χ1n) is 5.36. The first-order chi connectivity index (χ1) is 7.50. The van der Waals surface area contributed by atoms with Crippen molar-refractivity contribution in [1.29, 1.82) is 0 Å². The molecule has 0 radical (unpaired) electrons. The summed E-state index contributed by atoms with van der Waals surface area (Å²) in [6.07, 6.45) is 5.54. The molecule has 1 aromatic heterocycles. The van der Waals surface area contributed by atoms with Crippen LogP contribution in [0.25, 0.3) is 0 Å². The van der Waals surface area contributed by atoms with Gasteiger partial charge in [0.2, 0.25) is 15.0 Å². The molecule has 0 bridgehead atoms. The first-order valence-corrected chi connectivity index (χ1v) is 7.25. The standard InChI is InChI=1S/C10H18N2O3S/c1-3-4-5-6-12-9(8-13)7-11-10(12)16(2,14)15/h7,13H,3-6,8H2,1-2H3. The Balaban J connectivity index is 2.97. The third-order valence-electron chi connectivity index (χ3n) is 2.38. The lowest BCUT2D eigenvalue weighted by molar-refractivity contribution is 0.268. The van der Waals surface area contributed by atoms with Crippen LogP contribution in [0.3, 0.4) is 0 Å². The van der Waals surface area contributed by atoms with Crippen LogP contribution in [0.15, 0.2) is 11.4 Å². The van der Waals surface area contributed by atoms with Crippen molar-refractivity contribution in [3.63, 3.8) is 0 Å². The molecule has 0 aliphatic carbocycles. The Morgan fingerprint density at radius 1 is 1.44 bits per heavy atom. The molecule has 0 atom stereocenters. The number of hydrogen-bond donors (Lipinski definition) is 1. The minimum absolute atomic E-state index is 0.0488. The van der Waals surface area contributed by atoms with Crippen molar-refractivity contribution >= 4 is 9.84 Å². The van der Waals surface area contributed by atoms with Crippen molar-refractivity contribution < 1.29 is 13.5 Å². The Hall–Kier alpha value is -0.880. The van der Waals surface area contributed by atoms with Gasteiger partial charge in [0, 0.05) is 12.8 Å². The van der Waals surface area contributed by atoms with Gasteiger partial charge in [0.05, 0.1) is 18.5 Å². The van der Waals surface area contributed by atoms with Crippen LogP contribution in [-0.2, 0) is 23.0 Å². The number of nitrogens with zero attached hydrogens (tertiary/aromatic N) is 2. The number of imidazole rings is 1. The van der Waals surface area contributed by atoms with Crippen molar-refractivity contribution in [2.24, 2.45) is 0 Å². The Morgan fingerprint density at radius 3 is 2.62 bits per heavy atom. The molecule has 0 spiro atoms. The van der Waals surface area contributed by atoms with Crippen LogP contribution in [0.1, 0.15) is 31.9 Å². The minimum atomic E-state index is -3.32. The highest BCUT2D eigenvalue weighted by Gasteiger charge is 2.17. The van der Waals surface area contributed by atoms with E-state index in [-0.39, 0.29) is 11.8 Å². The molecule has 0 amide bonds. The predicted octanol–water partition coefficient (Wildman–Crippen LogP) is 0.969. The molecule has 92 valence electrons. The van der Waals surface area contributed by atoms with Crippen molar-refractivity contribution in [2.75, 3.05) is 6.26 Å². The molecular formula is C10H18N2O3S. The van der Waals surface area contributed by atoms with E-state index in [1.165, 1.54) is 6.20 Å². The lowest BCUT2D eigenvalue weighted by Gasteiger charge is -2.09. The Labute approximate surface area is 96.0 Å². The van der Waals surface area contributed by atoms with Crippen LogP contribution in [0.5, 0.6) is 0 Å². The van der Waals surface area contributed by atoms with Gasteiger partial charge >= 0.3 is 0 Å². The highest BCUT2D eigenvalue weighted by atomic mass is 32.2. The van der Waals surface area contributed by atoms with Gasteiger partial charge in [-0.1, -0.05) is 19.8 Å². The number of hydrogen-bond acceptors (Lipinski definition) is 4. The van der Waals surface area contributed by atoms with E-state index in [4.69, 9.17) is 5.11 Å². The molecular weight excluding hydrogens is 228 g/mol. The summed E-state index contributed by atoms with van der Waals surface area (Å²) < 4.78 is 24.5. The normalized spacial score (nSPS) is 11.9. The Morgan fingerprint density at radius 2 is 2.12 bits per heavy atom. The van der Waals surface area contributed by atoms with Gasteiger partial charge in [-0.3, -0.25) is 0 Å². The second-order valence-corrected chi connectivity index (χ2v) is 5.73. The third kappa shape index (κ3) is 3.05. The van der Waals surface area contributed by atoms with Gasteiger partial charge in [-0.25, -0.2) is 13.4 Å². The quantitative estimate of drug-likeness (QED) is 0.759. The van der Waals surface area contributed by atoms with Gasteiger partial charge in [-0.15, -0.1) is 0 Å². The number of aromatic nitrogens is 2. The van der Waals surface area contributed by atoms with Crippen LogP contribution in [0.2, 0.25) is 0 Å². The lowest BCUT2D eigenvalue weighted by Crippen LogP contribution is -2.12. The minimum Gasteiger partial charge on any atom is -0.390 e. The van der Waals surface area contributed by atoms with Crippen molar-refractivity contribution in [3.8, 4) is 0 Å². The molecule has 1 heterocycles. The molecule has 0 unspecified atom stereocenters. The van der Waals surface area contributed by atoms with Gasteiger partial charge in [0.25, 0.3) is 0 Å². The lowest BCUT2D eigenvalue weighted by atomic mass is 10.2. The molecule has 1 rings (SSSR count). The number of rotatable bonds is 6. The summed E-state index contributed by atoms with van der Waals surface area (Å²) >= 11 is 0. The van der Waals surface area contributed by atoms with Crippen molar-refractivity contribution in [2.45, 2.75) is 44.5 Å². The molecule has 1 aromatic rings. The van der Waals surface area contributed by atoms with E-state index in [1.807, 2.05) is 0 Å². The highest BCUT2D eigenvalue weighted by molar-refractivity contribution is 7.90. The molecule has 0 fully saturated rings. The zero-order valence-corrected chi connectivity index (χ0v) is 10.5. The molecule has 5 nitrogen and oxygen atoms in total. The van der Waals surface area contributed by atoms with Crippen LogP contribution >= 0.6 is 0 Å². The highest BCUT2D eigenvalue weighted by Crippen LogP contribution is 2.13. The van der Waals surface area contributed by atoms with Crippen LogP contribution in [0.4, 0.5) is 0 Å².